The van der Waals surface area contributed by atoms with Crippen molar-refractivity contribution in [3.63, 3.8) is 0 Å². The van der Waals surface area contributed by atoms with Gasteiger partial charge in [0, 0.05) is 25.5 Å². The van der Waals surface area contributed by atoms with Crippen LogP contribution in [0.4, 0.5) is 8.78 Å². The van der Waals surface area contributed by atoms with Crippen molar-refractivity contribution in [1.29, 1.82) is 0 Å². The lowest BCUT2D eigenvalue weighted by molar-refractivity contribution is -0.138. The van der Waals surface area contributed by atoms with E-state index >= 15 is 0 Å². The van der Waals surface area contributed by atoms with Gasteiger partial charge in [-0.25, -0.2) is 8.78 Å². The first-order valence-corrected chi connectivity index (χ1v) is 9.16. The molecule has 0 saturated heterocycles. The van der Waals surface area contributed by atoms with E-state index in [2.05, 4.69) is 10.1 Å². The van der Waals surface area contributed by atoms with Crippen LogP contribution in [0.5, 0.6) is 0 Å². The number of hydrogen-bond donors (Lipinski definition) is 1. The number of likely N-dealkylation sites (N-methyl/N-ethyl adjacent to an activating group) is 1. The van der Waals surface area contributed by atoms with Crippen LogP contribution >= 0.6 is 0 Å². The third-order valence-corrected chi connectivity index (χ3v) is 4.65. The fraction of sp³-hybridized carbons (Fsp3) is 0.238. The van der Waals surface area contributed by atoms with Crippen molar-refractivity contribution >= 4 is 11.8 Å². The molecule has 1 unspecified atom stereocenters. The number of primary amides is 1. The Labute approximate surface area is 171 Å². The van der Waals surface area contributed by atoms with E-state index in [1.807, 2.05) is 0 Å². The summed E-state index contributed by atoms with van der Waals surface area (Å²) in [7, 11) is 1.42. The van der Waals surface area contributed by atoms with Crippen LogP contribution in [0.25, 0.3) is 11.4 Å². The zero-order chi connectivity index (χ0) is 21.8. The number of aromatic nitrogens is 2. The van der Waals surface area contributed by atoms with Gasteiger partial charge >= 0.3 is 0 Å². The number of halogens is 2. The van der Waals surface area contributed by atoms with E-state index in [9.17, 15) is 18.4 Å². The summed E-state index contributed by atoms with van der Waals surface area (Å²) in [5.41, 5.74) is 6.75. The number of rotatable bonds is 7. The van der Waals surface area contributed by atoms with Gasteiger partial charge in [-0.3, -0.25) is 9.59 Å². The molecular formula is C21H20F2N4O3. The SMILES string of the molecule is Cc1cc(-c2noc(CCC(=O)N(C)C(C(N)=O)c3cccc(F)c3)n2)ccc1F. The highest BCUT2D eigenvalue weighted by atomic mass is 19.1. The summed E-state index contributed by atoms with van der Waals surface area (Å²) < 4.78 is 32.1. The summed E-state index contributed by atoms with van der Waals surface area (Å²) in [4.78, 5) is 29.8. The zero-order valence-corrected chi connectivity index (χ0v) is 16.4. The summed E-state index contributed by atoms with van der Waals surface area (Å²) in [6, 6.07) is 8.70. The van der Waals surface area contributed by atoms with E-state index in [1.54, 1.807) is 13.0 Å². The molecular weight excluding hydrogens is 394 g/mol. The average molecular weight is 414 g/mol. The van der Waals surface area contributed by atoms with Crippen molar-refractivity contribution in [3.8, 4) is 11.4 Å². The molecule has 0 spiro atoms. The molecule has 2 aromatic carbocycles. The number of carbonyl (C=O) groups is 2. The largest absolute Gasteiger partial charge is 0.368 e. The summed E-state index contributed by atoms with van der Waals surface area (Å²) in [5.74, 6) is -1.55. The normalized spacial score (nSPS) is 11.9. The maximum Gasteiger partial charge on any atom is 0.244 e. The van der Waals surface area contributed by atoms with E-state index < -0.39 is 23.7 Å². The van der Waals surface area contributed by atoms with Crippen LogP contribution in [-0.4, -0.2) is 33.9 Å². The standard InChI is InChI=1S/C21H20F2N4O3/c1-12-10-14(6-7-16(12)23)21-25-17(30-26-21)8-9-18(28)27(2)19(20(24)29)13-4-3-5-15(22)11-13/h3-7,10-11,19H,8-9H2,1-2H3,(H2,24,29). The maximum absolute atomic E-state index is 13.5. The van der Waals surface area contributed by atoms with Crippen molar-refractivity contribution in [2.24, 2.45) is 5.73 Å². The highest BCUT2D eigenvalue weighted by Gasteiger charge is 2.27. The van der Waals surface area contributed by atoms with Crippen LogP contribution in [0.3, 0.4) is 0 Å². The smallest absolute Gasteiger partial charge is 0.244 e. The first-order chi connectivity index (χ1) is 14.3. The molecule has 9 heteroatoms. The number of benzene rings is 2. The van der Waals surface area contributed by atoms with Gasteiger partial charge in [0.25, 0.3) is 0 Å². The number of aryl methyl sites for hydroxylation is 2. The molecule has 0 bridgehead atoms. The van der Waals surface area contributed by atoms with Gasteiger partial charge in [-0.1, -0.05) is 17.3 Å². The predicted molar refractivity (Wildman–Crippen MR) is 104 cm³/mol. The van der Waals surface area contributed by atoms with Gasteiger partial charge in [-0.15, -0.1) is 0 Å². The first kappa shape index (κ1) is 21.1. The fourth-order valence-electron chi connectivity index (χ4n) is 3.05. The molecule has 0 saturated carbocycles. The fourth-order valence-corrected chi connectivity index (χ4v) is 3.05. The molecule has 0 aliphatic heterocycles. The lowest BCUT2D eigenvalue weighted by atomic mass is 10.0. The molecule has 2 amide bonds. The number of carbonyl (C=O) groups excluding carboxylic acids is 2. The molecule has 3 aromatic rings. The number of nitrogens with two attached hydrogens (primary N) is 1. The van der Waals surface area contributed by atoms with Crippen LogP contribution in [0.2, 0.25) is 0 Å². The second kappa shape index (κ2) is 8.81. The van der Waals surface area contributed by atoms with Crippen LogP contribution in [0.1, 0.15) is 29.5 Å². The Kier molecular flexibility index (Phi) is 6.20. The van der Waals surface area contributed by atoms with Crippen LogP contribution < -0.4 is 5.73 Å². The van der Waals surface area contributed by atoms with E-state index in [1.165, 1.54) is 37.4 Å². The Balaban J connectivity index is 1.68. The Morgan fingerprint density at radius 3 is 2.63 bits per heavy atom. The van der Waals surface area contributed by atoms with Gasteiger partial charge in [0.1, 0.15) is 17.7 Å². The number of hydrogen-bond acceptors (Lipinski definition) is 5. The van der Waals surface area contributed by atoms with E-state index in [-0.39, 0.29) is 35.9 Å². The summed E-state index contributed by atoms with van der Waals surface area (Å²) in [6.45, 7) is 1.63. The van der Waals surface area contributed by atoms with Crippen LogP contribution in [0, 0.1) is 18.6 Å². The average Bonchev–Trinajstić information content (AvgIpc) is 3.17. The predicted octanol–water partition coefficient (Wildman–Crippen LogP) is 2.94. The Hall–Kier alpha value is -3.62. The van der Waals surface area contributed by atoms with Gasteiger partial charge in [0.2, 0.25) is 23.5 Å². The Bertz CT molecular complexity index is 1080. The quantitative estimate of drug-likeness (QED) is 0.640. The van der Waals surface area contributed by atoms with Crippen molar-refractivity contribution in [1.82, 2.24) is 15.0 Å². The monoisotopic (exact) mass is 414 g/mol. The van der Waals surface area contributed by atoms with Crippen LogP contribution in [-0.2, 0) is 16.0 Å². The van der Waals surface area contributed by atoms with Crippen molar-refractivity contribution in [3.05, 3.63) is 71.1 Å². The van der Waals surface area contributed by atoms with E-state index in [0.29, 0.717) is 11.1 Å². The molecule has 3 rings (SSSR count). The minimum atomic E-state index is -1.10. The van der Waals surface area contributed by atoms with Crippen LogP contribution in [0.15, 0.2) is 47.0 Å². The van der Waals surface area contributed by atoms with Gasteiger partial charge in [-0.05, 0) is 48.4 Å². The third-order valence-electron chi connectivity index (χ3n) is 4.65. The van der Waals surface area contributed by atoms with Gasteiger partial charge < -0.3 is 15.2 Å². The summed E-state index contributed by atoms with van der Waals surface area (Å²) in [6.07, 6.45) is 0.102. The molecule has 0 radical (unpaired) electrons. The molecule has 156 valence electrons. The van der Waals surface area contributed by atoms with Crippen molar-refractivity contribution < 1.29 is 22.9 Å². The molecule has 0 fully saturated rings. The molecule has 2 N–H and O–H groups in total. The van der Waals surface area contributed by atoms with Gasteiger partial charge in [-0.2, -0.15) is 4.98 Å². The molecule has 0 aliphatic carbocycles. The summed E-state index contributed by atoms with van der Waals surface area (Å²) in [5, 5.41) is 3.85. The Morgan fingerprint density at radius 1 is 1.20 bits per heavy atom. The topological polar surface area (TPSA) is 102 Å². The second-order valence-electron chi connectivity index (χ2n) is 6.84. The molecule has 1 atom stereocenters. The number of nitrogens with zero attached hydrogens (tertiary/aromatic N) is 3. The minimum absolute atomic E-state index is 0.0281. The van der Waals surface area contributed by atoms with Crippen molar-refractivity contribution in [2.45, 2.75) is 25.8 Å². The highest BCUT2D eigenvalue weighted by Crippen LogP contribution is 2.22. The van der Waals surface area contributed by atoms with E-state index in [4.69, 9.17) is 10.3 Å². The zero-order valence-electron chi connectivity index (χ0n) is 16.4. The van der Waals surface area contributed by atoms with Crippen molar-refractivity contribution in [2.75, 3.05) is 7.05 Å². The minimum Gasteiger partial charge on any atom is -0.368 e. The van der Waals surface area contributed by atoms with Gasteiger partial charge in [0.05, 0.1) is 0 Å². The summed E-state index contributed by atoms with van der Waals surface area (Å²) >= 11 is 0. The highest BCUT2D eigenvalue weighted by molar-refractivity contribution is 5.87. The lowest BCUT2D eigenvalue weighted by Gasteiger charge is -2.26. The van der Waals surface area contributed by atoms with E-state index in [0.717, 1.165) is 11.0 Å². The molecule has 1 heterocycles. The molecule has 30 heavy (non-hydrogen) atoms. The maximum atomic E-state index is 13.5. The third kappa shape index (κ3) is 4.68. The lowest BCUT2D eigenvalue weighted by Crippen LogP contribution is -2.39. The second-order valence-corrected chi connectivity index (χ2v) is 6.84. The molecule has 7 nitrogen and oxygen atoms in total. The Morgan fingerprint density at radius 2 is 1.97 bits per heavy atom. The number of amides is 2. The molecule has 1 aromatic heterocycles. The first-order valence-electron chi connectivity index (χ1n) is 9.16. The molecule has 0 aliphatic rings. The van der Waals surface area contributed by atoms with Gasteiger partial charge in [0.15, 0.2) is 0 Å².